The third kappa shape index (κ3) is 7.41. The first-order chi connectivity index (χ1) is 7.34. The number of para-hydroxylation sites is 1. The van der Waals surface area contributed by atoms with E-state index in [1.54, 1.807) is 6.07 Å². The molecule has 16 heavy (non-hydrogen) atoms. The Morgan fingerprint density at radius 2 is 1.56 bits per heavy atom. The van der Waals surface area contributed by atoms with Crippen molar-refractivity contribution in [1.82, 2.24) is 0 Å². The van der Waals surface area contributed by atoms with Crippen molar-refractivity contribution >= 4 is 68.9 Å². The molecule has 0 radical (unpaired) electrons. The maximum atomic E-state index is 9.55. The monoisotopic (exact) mass is 340 g/mol. The number of unbranched alkanes of at least 4 members (excludes halogenated alkanes) is 5. The molecule has 0 unspecified atom stereocenters. The molecule has 0 aliphatic heterocycles. The first-order valence-corrected chi connectivity index (χ1v) is 6.11. The van der Waals surface area contributed by atoms with E-state index in [2.05, 4.69) is 6.92 Å². The number of phenolic OH excluding ortho intramolecular Hbond substituents is 1. The minimum atomic E-state index is 0. The molecule has 1 N–H and O–H groups in total. The van der Waals surface area contributed by atoms with Gasteiger partial charge in [0, 0.05) is 0 Å². The molecule has 0 aliphatic carbocycles. The van der Waals surface area contributed by atoms with Crippen molar-refractivity contribution in [3.05, 3.63) is 29.8 Å². The summed E-state index contributed by atoms with van der Waals surface area (Å²) in [5, 5.41) is 9.55. The van der Waals surface area contributed by atoms with Gasteiger partial charge in [-0.05, 0) is 24.5 Å². The van der Waals surface area contributed by atoms with Crippen molar-refractivity contribution in [3.63, 3.8) is 0 Å². The van der Waals surface area contributed by atoms with Crippen LogP contribution in [0.15, 0.2) is 24.3 Å². The molecule has 86 valence electrons. The van der Waals surface area contributed by atoms with Crippen molar-refractivity contribution in [1.29, 1.82) is 0 Å². The zero-order chi connectivity index (χ0) is 10.9. The van der Waals surface area contributed by atoms with E-state index in [1.165, 1.54) is 38.5 Å². The van der Waals surface area contributed by atoms with Crippen LogP contribution in [0, 0.1) is 0 Å². The SMILES string of the molecule is CCCCCCCCc1ccccc1O.[CsH]. The molecule has 1 aromatic rings. The molecule has 1 aromatic carbocycles. The van der Waals surface area contributed by atoms with Crippen molar-refractivity contribution < 1.29 is 5.11 Å². The predicted octanol–water partition coefficient (Wildman–Crippen LogP) is 3.65. The van der Waals surface area contributed by atoms with Crippen LogP contribution in [0.2, 0.25) is 0 Å². The van der Waals surface area contributed by atoms with E-state index in [9.17, 15) is 5.11 Å². The quantitative estimate of drug-likeness (QED) is 0.752. The molecule has 0 saturated heterocycles. The van der Waals surface area contributed by atoms with Gasteiger partial charge in [0.2, 0.25) is 0 Å². The number of aryl methyl sites for hydroxylation is 1. The van der Waals surface area contributed by atoms with Crippen LogP contribution in [0.4, 0.5) is 0 Å². The van der Waals surface area contributed by atoms with E-state index in [0.29, 0.717) is 5.75 Å². The summed E-state index contributed by atoms with van der Waals surface area (Å²) in [7, 11) is 0. The van der Waals surface area contributed by atoms with E-state index in [0.717, 1.165) is 12.0 Å². The average molecular weight is 340 g/mol. The molecule has 0 atom stereocenters. The molecule has 0 aliphatic rings. The standard InChI is InChI=1S/C14H22O.Cs.H/c1-2-3-4-5-6-7-10-13-11-8-9-12-14(13)15;;/h8-9,11-12,15H,2-7,10H2,1H3;;. The summed E-state index contributed by atoms with van der Waals surface area (Å²) in [4.78, 5) is 0. The van der Waals surface area contributed by atoms with Crippen LogP contribution in [0.25, 0.3) is 0 Å². The second-order valence-electron chi connectivity index (χ2n) is 4.15. The second-order valence-corrected chi connectivity index (χ2v) is 4.15. The van der Waals surface area contributed by atoms with E-state index in [1.807, 2.05) is 18.2 Å². The first kappa shape index (κ1) is 17.1. The number of rotatable bonds is 7. The molecule has 0 amide bonds. The van der Waals surface area contributed by atoms with Crippen LogP contribution in [0.1, 0.15) is 51.0 Å². The fraction of sp³-hybridized carbons (Fsp3) is 0.571. The summed E-state index contributed by atoms with van der Waals surface area (Å²) in [6, 6.07) is 7.65. The van der Waals surface area contributed by atoms with Crippen LogP contribution >= 0.6 is 0 Å². The van der Waals surface area contributed by atoms with Gasteiger partial charge in [0.25, 0.3) is 0 Å². The fourth-order valence-corrected chi connectivity index (χ4v) is 1.82. The Hall–Kier alpha value is 1.07. The topological polar surface area (TPSA) is 20.2 Å². The predicted molar refractivity (Wildman–Crippen MR) is 72.3 cm³/mol. The Balaban J connectivity index is 0.00000225. The summed E-state index contributed by atoms with van der Waals surface area (Å²) in [6.07, 6.45) is 8.85. The number of hydrogen-bond acceptors (Lipinski definition) is 1. The van der Waals surface area contributed by atoms with Gasteiger partial charge < -0.3 is 5.11 Å². The molecule has 2 heteroatoms. The van der Waals surface area contributed by atoms with Crippen LogP contribution in [0.5, 0.6) is 5.75 Å². The molecule has 0 heterocycles. The van der Waals surface area contributed by atoms with Crippen LogP contribution in [0.3, 0.4) is 0 Å². The maximum absolute atomic E-state index is 9.55. The Morgan fingerprint density at radius 3 is 2.25 bits per heavy atom. The van der Waals surface area contributed by atoms with E-state index in [4.69, 9.17) is 0 Å². The van der Waals surface area contributed by atoms with Gasteiger partial charge in [0.05, 0.1) is 0 Å². The van der Waals surface area contributed by atoms with Crippen LogP contribution < -0.4 is 0 Å². The summed E-state index contributed by atoms with van der Waals surface area (Å²) in [6.45, 7) is 2.24. The van der Waals surface area contributed by atoms with Crippen molar-refractivity contribution in [3.8, 4) is 5.75 Å². The molecule has 1 rings (SSSR count). The molecular weight excluding hydrogens is 317 g/mol. The van der Waals surface area contributed by atoms with Gasteiger partial charge in [-0.3, -0.25) is 0 Å². The van der Waals surface area contributed by atoms with E-state index < -0.39 is 0 Å². The van der Waals surface area contributed by atoms with Gasteiger partial charge >= 0.3 is 68.9 Å². The first-order valence-electron chi connectivity index (χ1n) is 6.11. The summed E-state index contributed by atoms with van der Waals surface area (Å²) in [5.74, 6) is 0.450. The Morgan fingerprint density at radius 1 is 0.938 bits per heavy atom. The number of aromatic hydroxyl groups is 1. The fourth-order valence-electron chi connectivity index (χ4n) is 1.82. The van der Waals surface area contributed by atoms with Gasteiger partial charge in [-0.1, -0.05) is 57.2 Å². The third-order valence-electron chi connectivity index (χ3n) is 2.79. The number of phenols is 1. The summed E-state index contributed by atoms with van der Waals surface area (Å²) < 4.78 is 0. The molecule has 1 nitrogen and oxygen atoms in total. The molecule has 0 bridgehead atoms. The van der Waals surface area contributed by atoms with E-state index >= 15 is 0 Å². The molecular formula is C14H23CsO. The van der Waals surface area contributed by atoms with E-state index in [-0.39, 0.29) is 68.9 Å². The minimum absolute atomic E-state index is 0. The second kappa shape index (κ2) is 11.2. The van der Waals surface area contributed by atoms with Crippen molar-refractivity contribution in [2.75, 3.05) is 0 Å². The zero-order valence-electron chi connectivity index (χ0n) is 9.71. The third-order valence-corrected chi connectivity index (χ3v) is 2.79. The number of hydrogen-bond donors (Lipinski definition) is 1. The molecule has 0 aromatic heterocycles. The van der Waals surface area contributed by atoms with Crippen molar-refractivity contribution in [2.24, 2.45) is 0 Å². The van der Waals surface area contributed by atoms with Gasteiger partial charge in [-0.15, -0.1) is 0 Å². The number of benzene rings is 1. The summed E-state index contributed by atoms with van der Waals surface area (Å²) >= 11 is 0. The molecule has 0 fully saturated rings. The molecule has 0 spiro atoms. The normalized spacial score (nSPS) is 9.81. The Kier molecular flexibility index (Phi) is 11.9. The average Bonchev–Trinajstić information content (AvgIpc) is 2.25. The Labute approximate surface area is 158 Å². The van der Waals surface area contributed by atoms with Gasteiger partial charge in [0.1, 0.15) is 5.75 Å². The van der Waals surface area contributed by atoms with Crippen LogP contribution in [-0.2, 0) is 6.42 Å². The van der Waals surface area contributed by atoms with Gasteiger partial charge in [0.15, 0.2) is 0 Å². The molecule has 0 saturated carbocycles. The summed E-state index contributed by atoms with van der Waals surface area (Å²) in [5.41, 5.74) is 1.09. The zero-order valence-corrected chi connectivity index (χ0v) is 9.71. The van der Waals surface area contributed by atoms with Gasteiger partial charge in [-0.25, -0.2) is 0 Å². The Bertz CT molecular complexity index is 273. The van der Waals surface area contributed by atoms with Gasteiger partial charge in [-0.2, -0.15) is 0 Å². The van der Waals surface area contributed by atoms with Crippen LogP contribution in [-0.4, -0.2) is 74.0 Å². The van der Waals surface area contributed by atoms with Crippen molar-refractivity contribution in [2.45, 2.75) is 51.9 Å².